The van der Waals surface area contributed by atoms with Gasteiger partial charge >= 0.3 is 0 Å². The van der Waals surface area contributed by atoms with Crippen LogP contribution in [0.2, 0.25) is 5.02 Å². The first kappa shape index (κ1) is 19.0. The van der Waals surface area contributed by atoms with Crippen molar-refractivity contribution in [3.05, 3.63) is 100 Å². The Morgan fingerprint density at radius 2 is 1.35 bits per heavy atom. The maximum absolute atomic E-state index is 11.4. The Morgan fingerprint density at radius 3 is 2.10 bits per heavy atom. The molecule has 0 aliphatic carbocycles. The Labute approximate surface area is 181 Å². The van der Waals surface area contributed by atoms with Crippen molar-refractivity contribution in [3.63, 3.8) is 0 Å². The zero-order valence-corrected chi connectivity index (χ0v) is 16.7. The summed E-state index contributed by atoms with van der Waals surface area (Å²) in [6.45, 7) is 0. The number of rotatable bonds is 5. The molecule has 6 nitrogen and oxygen atoms in total. The van der Waals surface area contributed by atoms with Crippen molar-refractivity contribution in [3.8, 4) is 23.0 Å². The first-order valence-electron chi connectivity index (χ1n) is 9.37. The molecule has 0 saturated heterocycles. The molecule has 0 aliphatic heterocycles. The first-order valence-corrected chi connectivity index (χ1v) is 9.75. The van der Waals surface area contributed by atoms with Crippen molar-refractivity contribution in [1.82, 2.24) is 0 Å². The van der Waals surface area contributed by atoms with Crippen LogP contribution in [0.4, 0.5) is 5.69 Å². The minimum absolute atomic E-state index is 0.147. The Balaban J connectivity index is 1.48. The molecular formula is C24H14ClNO5. The lowest BCUT2D eigenvalue weighted by Crippen LogP contribution is -1.92. The molecule has 0 atom stereocenters. The zero-order chi connectivity index (χ0) is 21.4. The molecule has 5 rings (SSSR count). The van der Waals surface area contributed by atoms with Crippen molar-refractivity contribution >= 4 is 39.2 Å². The molecule has 0 unspecified atom stereocenters. The summed E-state index contributed by atoms with van der Waals surface area (Å²) in [7, 11) is 0. The van der Waals surface area contributed by atoms with Crippen LogP contribution in [0.25, 0.3) is 21.9 Å². The van der Waals surface area contributed by atoms with Crippen LogP contribution in [-0.2, 0) is 0 Å². The van der Waals surface area contributed by atoms with Crippen molar-refractivity contribution in [2.45, 2.75) is 0 Å². The Kier molecular flexibility index (Phi) is 4.69. The number of hydrogen-bond donors (Lipinski definition) is 0. The van der Waals surface area contributed by atoms with E-state index in [1.165, 1.54) is 12.1 Å². The van der Waals surface area contributed by atoms with Crippen molar-refractivity contribution in [2.24, 2.45) is 0 Å². The van der Waals surface area contributed by atoms with Gasteiger partial charge in [-0.3, -0.25) is 10.1 Å². The molecule has 1 heterocycles. The zero-order valence-electron chi connectivity index (χ0n) is 15.9. The van der Waals surface area contributed by atoms with Gasteiger partial charge in [-0.15, -0.1) is 0 Å². The van der Waals surface area contributed by atoms with Gasteiger partial charge in [0, 0.05) is 27.9 Å². The standard InChI is InChI=1S/C24H14ClNO5/c25-15-5-7-17(8-6-15)29-19-11-16(26(27)28)12-20(13-19)30-18-9-10-22-21-3-1-2-4-23(21)31-24(22)14-18/h1-14H. The quantitative estimate of drug-likeness (QED) is 0.210. The van der Waals surface area contributed by atoms with E-state index in [2.05, 4.69) is 0 Å². The highest BCUT2D eigenvalue weighted by atomic mass is 35.5. The highest BCUT2D eigenvalue weighted by Gasteiger charge is 2.14. The average Bonchev–Trinajstić information content (AvgIpc) is 3.13. The Morgan fingerprint density at radius 1 is 0.710 bits per heavy atom. The van der Waals surface area contributed by atoms with E-state index in [4.69, 9.17) is 25.5 Å². The molecule has 0 aliphatic rings. The van der Waals surface area contributed by atoms with Crippen LogP contribution in [0.15, 0.2) is 89.3 Å². The molecule has 152 valence electrons. The van der Waals surface area contributed by atoms with E-state index in [1.807, 2.05) is 30.3 Å². The lowest BCUT2D eigenvalue weighted by atomic mass is 10.1. The van der Waals surface area contributed by atoms with Crippen LogP contribution in [0, 0.1) is 10.1 Å². The summed E-state index contributed by atoms with van der Waals surface area (Å²) in [6, 6.07) is 24.2. The maximum atomic E-state index is 11.4. The number of benzene rings is 4. The summed E-state index contributed by atoms with van der Waals surface area (Å²) in [5, 5.41) is 13.9. The van der Waals surface area contributed by atoms with E-state index in [0.29, 0.717) is 22.1 Å². The monoisotopic (exact) mass is 431 g/mol. The summed E-state index contributed by atoms with van der Waals surface area (Å²) in [6.07, 6.45) is 0. The predicted octanol–water partition coefficient (Wildman–Crippen LogP) is 7.73. The number of hydrogen-bond acceptors (Lipinski definition) is 5. The normalized spacial score (nSPS) is 11.0. The third-order valence-corrected chi connectivity index (χ3v) is 4.96. The van der Waals surface area contributed by atoms with E-state index in [1.54, 1.807) is 42.5 Å². The van der Waals surface area contributed by atoms with Crippen LogP contribution < -0.4 is 9.47 Å². The van der Waals surface area contributed by atoms with Crippen molar-refractivity contribution in [1.29, 1.82) is 0 Å². The van der Waals surface area contributed by atoms with Gasteiger partial charge in [-0.2, -0.15) is 0 Å². The van der Waals surface area contributed by atoms with Crippen molar-refractivity contribution < 1.29 is 18.8 Å². The van der Waals surface area contributed by atoms with Crippen LogP contribution in [0.1, 0.15) is 0 Å². The van der Waals surface area contributed by atoms with Gasteiger partial charge in [-0.1, -0.05) is 29.8 Å². The third kappa shape index (κ3) is 3.89. The molecule has 5 aromatic rings. The third-order valence-electron chi connectivity index (χ3n) is 4.71. The molecule has 0 amide bonds. The molecule has 0 fully saturated rings. The molecule has 7 heteroatoms. The minimum Gasteiger partial charge on any atom is -0.457 e. The Hall–Kier alpha value is -4.03. The fraction of sp³-hybridized carbons (Fsp3) is 0. The molecule has 0 spiro atoms. The molecule has 4 aromatic carbocycles. The molecule has 31 heavy (non-hydrogen) atoms. The Bertz CT molecular complexity index is 1430. The minimum atomic E-state index is -0.496. The van der Waals surface area contributed by atoms with Gasteiger partial charge in [-0.25, -0.2) is 0 Å². The number of ether oxygens (including phenoxy) is 2. The van der Waals surface area contributed by atoms with Gasteiger partial charge < -0.3 is 13.9 Å². The maximum Gasteiger partial charge on any atom is 0.276 e. The SMILES string of the molecule is O=[N+]([O-])c1cc(Oc2ccc(Cl)cc2)cc(Oc2ccc3c(c2)oc2ccccc23)c1. The number of nitro groups is 1. The second-order valence-electron chi connectivity index (χ2n) is 6.83. The van der Waals surface area contributed by atoms with E-state index >= 15 is 0 Å². The molecule has 0 N–H and O–H groups in total. The summed E-state index contributed by atoms with van der Waals surface area (Å²) in [5.41, 5.74) is 1.30. The van der Waals surface area contributed by atoms with E-state index < -0.39 is 4.92 Å². The smallest absolute Gasteiger partial charge is 0.276 e. The average molecular weight is 432 g/mol. The van der Waals surface area contributed by atoms with Crippen LogP contribution in [-0.4, -0.2) is 4.92 Å². The number of non-ortho nitro benzene ring substituents is 1. The van der Waals surface area contributed by atoms with E-state index in [0.717, 1.165) is 16.4 Å². The molecular weight excluding hydrogens is 418 g/mol. The van der Waals surface area contributed by atoms with E-state index in [9.17, 15) is 10.1 Å². The summed E-state index contributed by atoms with van der Waals surface area (Å²) < 4.78 is 17.5. The van der Waals surface area contributed by atoms with Crippen molar-refractivity contribution in [2.75, 3.05) is 0 Å². The number of nitrogens with zero attached hydrogens (tertiary/aromatic N) is 1. The number of para-hydroxylation sites is 1. The first-order chi connectivity index (χ1) is 15.0. The molecule has 0 radical (unpaired) electrons. The lowest BCUT2D eigenvalue weighted by Gasteiger charge is -2.10. The predicted molar refractivity (Wildman–Crippen MR) is 118 cm³/mol. The molecule has 0 saturated carbocycles. The van der Waals surface area contributed by atoms with Crippen LogP contribution >= 0.6 is 11.6 Å². The number of furan rings is 1. The second-order valence-corrected chi connectivity index (χ2v) is 7.27. The molecule has 1 aromatic heterocycles. The number of halogens is 1. The van der Waals surface area contributed by atoms with Gasteiger partial charge in [0.1, 0.15) is 34.2 Å². The number of nitro benzene ring substituents is 1. The van der Waals surface area contributed by atoms with E-state index in [-0.39, 0.29) is 17.2 Å². The highest BCUT2D eigenvalue weighted by molar-refractivity contribution is 6.30. The topological polar surface area (TPSA) is 74.7 Å². The largest absolute Gasteiger partial charge is 0.457 e. The summed E-state index contributed by atoms with van der Waals surface area (Å²) >= 11 is 5.89. The number of fused-ring (bicyclic) bond motifs is 3. The van der Waals surface area contributed by atoms with Gasteiger partial charge in [0.2, 0.25) is 0 Å². The second kappa shape index (κ2) is 7.66. The molecule has 0 bridgehead atoms. The summed E-state index contributed by atoms with van der Waals surface area (Å²) in [5.74, 6) is 1.54. The lowest BCUT2D eigenvalue weighted by molar-refractivity contribution is -0.385. The van der Waals surface area contributed by atoms with Gasteiger partial charge in [0.05, 0.1) is 17.1 Å². The summed E-state index contributed by atoms with van der Waals surface area (Å²) in [4.78, 5) is 10.9. The van der Waals surface area contributed by atoms with Crippen LogP contribution in [0.5, 0.6) is 23.0 Å². The highest BCUT2D eigenvalue weighted by Crippen LogP contribution is 2.36. The van der Waals surface area contributed by atoms with Gasteiger partial charge in [0.15, 0.2) is 0 Å². The fourth-order valence-corrected chi connectivity index (χ4v) is 3.45. The van der Waals surface area contributed by atoms with Crippen LogP contribution in [0.3, 0.4) is 0 Å². The van der Waals surface area contributed by atoms with Gasteiger partial charge in [-0.05, 0) is 42.5 Å². The van der Waals surface area contributed by atoms with Gasteiger partial charge in [0.25, 0.3) is 5.69 Å². The fourth-order valence-electron chi connectivity index (χ4n) is 3.32.